The van der Waals surface area contributed by atoms with Crippen molar-refractivity contribution in [3.8, 4) is 0 Å². The van der Waals surface area contributed by atoms with Crippen LogP contribution in [-0.2, 0) is 18.4 Å². The van der Waals surface area contributed by atoms with Crippen molar-refractivity contribution < 1.29 is 18.4 Å². The molecule has 0 fully saturated rings. The van der Waals surface area contributed by atoms with E-state index in [9.17, 15) is 4.79 Å². The minimum Gasteiger partial charge on any atom is -0.395 e. The van der Waals surface area contributed by atoms with Crippen LogP contribution in [0.5, 0.6) is 0 Å². The number of rotatable bonds is 10. The maximum atomic E-state index is 11.6. The van der Waals surface area contributed by atoms with Gasteiger partial charge in [0.1, 0.15) is 6.79 Å². The molecule has 0 aromatic carbocycles. The molecule has 0 rings (SSSR count). The summed E-state index contributed by atoms with van der Waals surface area (Å²) in [6.45, 7) is 14.2. The number of hydrogen-bond donors (Lipinski definition) is 1. The third-order valence-electron chi connectivity index (χ3n) is 3.07. The zero-order chi connectivity index (χ0) is 16.0. The molecule has 0 heterocycles. The van der Waals surface area contributed by atoms with Gasteiger partial charge in [-0.05, 0) is 39.3 Å². The van der Waals surface area contributed by atoms with Gasteiger partial charge in [0, 0.05) is 25.7 Å². The molecule has 6 heteroatoms. The molecule has 0 aromatic rings. The first kappa shape index (κ1) is 21.6. The summed E-state index contributed by atoms with van der Waals surface area (Å²) < 4.78 is 11.5. The molecule has 0 spiro atoms. The van der Waals surface area contributed by atoms with E-state index < -0.39 is 8.56 Å². The molecule has 0 saturated carbocycles. The average molecular weight is 305 g/mol. The van der Waals surface area contributed by atoms with Gasteiger partial charge in [-0.1, -0.05) is 13.8 Å². The molecular weight excluding hydrogens is 274 g/mol. The highest BCUT2D eigenvalue weighted by atomic mass is 28.4. The van der Waals surface area contributed by atoms with Gasteiger partial charge in [-0.25, -0.2) is 0 Å². The van der Waals surface area contributed by atoms with Gasteiger partial charge in [0.25, 0.3) is 0 Å². The molecule has 0 saturated heterocycles. The highest BCUT2D eigenvalue weighted by molar-refractivity contribution is 6.66. The van der Waals surface area contributed by atoms with Crippen LogP contribution in [0.3, 0.4) is 0 Å². The Labute approximate surface area is 124 Å². The zero-order valence-corrected chi connectivity index (χ0v) is 14.7. The predicted molar refractivity (Wildman–Crippen MR) is 83.9 cm³/mol. The van der Waals surface area contributed by atoms with E-state index in [0.29, 0.717) is 19.8 Å². The number of carbonyl (C=O) groups is 2. The van der Waals surface area contributed by atoms with Crippen LogP contribution in [0.15, 0.2) is 0 Å². The van der Waals surface area contributed by atoms with Crippen LogP contribution in [-0.4, -0.2) is 41.0 Å². The van der Waals surface area contributed by atoms with Gasteiger partial charge in [-0.3, -0.25) is 4.79 Å². The Bertz CT molecular complexity index is 245. The maximum absolute atomic E-state index is 11.6. The summed E-state index contributed by atoms with van der Waals surface area (Å²) in [5.74, 6) is 0.251. The lowest BCUT2D eigenvalue weighted by molar-refractivity contribution is -0.124. The number of amides is 1. The molecule has 120 valence electrons. The Morgan fingerprint density at radius 3 is 2.10 bits per heavy atom. The van der Waals surface area contributed by atoms with Crippen molar-refractivity contribution in [3.05, 3.63) is 0 Å². The highest BCUT2D eigenvalue weighted by Gasteiger charge is 2.29. The molecule has 0 aromatic heterocycles. The van der Waals surface area contributed by atoms with E-state index in [2.05, 4.69) is 11.9 Å². The van der Waals surface area contributed by atoms with E-state index in [0.717, 1.165) is 18.9 Å². The largest absolute Gasteiger partial charge is 0.395 e. The molecule has 1 unspecified atom stereocenters. The number of hydrogen-bond acceptors (Lipinski definition) is 4. The first-order valence-electron chi connectivity index (χ1n) is 7.33. The van der Waals surface area contributed by atoms with Crippen LogP contribution in [0.25, 0.3) is 0 Å². The summed E-state index contributed by atoms with van der Waals surface area (Å²) in [4.78, 5) is 19.6. The van der Waals surface area contributed by atoms with Crippen molar-refractivity contribution >= 4 is 21.3 Å². The van der Waals surface area contributed by atoms with Gasteiger partial charge in [0.15, 0.2) is 0 Å². The monoisotopic (exact) mass is 305 g/mol. The Morgan fingerprint density at radius 2 is 1.70 bits per heavy atom. The Hall–Kier alpha value is -0.723. The second-order valence-corrected chi connectivity index (χ2v) is 8.05. The third-order valence-corrected chi connectivity index (χ3v) is 6.13. The van der Waals surface area contributed by atoms with Crippen molar-refractivity contribution in [3.63, 3.8) is 0 Å². The molecule has 1 atom stereocenters. The molecule has 0 aliphatic rings. The molecular formula is C14H31NO4Si. The van der Waals surface area contributed by atoms with Crippen molar-refractivity contribution in [1.29, 1.82) is 0 Å². The Morgan fingerprint density at radius 1 is 1.20 bits per heavy atom. The Kier molecular flexibility index (Phi) is 14.3. The van der Waals surface area contributed by atoms with Gasteiger partial charge >= 0.3 is 8.56 Å². The molecule has 5 nitrogen and oxygen atoms in total. The molecule has 0 aliphatic heterocycles. The molecule has 1 amide bonds. The van der Waals surface area contributed by atoms with E-state index in [1.807, 2.05) is 34.5 Å². The topological polar surface area (TPSA) is 64.6 Å². The smallest absolute Gasteiger partial charge is 0.334 e. The van der Waals surface area contributed by atoms with Gasteiger partial charge in [0.2, 0.25) is 5.91 Å². The van der Waals surface area contributed by atoms with Crippen molar-refractivity contribution in [2.45, 2.75) is 53.1 Å². The summed E-state index contributed by atoms with van der Waals surface area (Å²) in [7, 11) is -2.01. The minimum absolute atomic E-state index is 0.104. The molecule has 0 bridgehead atoms. The lowest BCUT2D eigenvalue weighted by Gasteiger charge is -2.26. The second-order valence-electron chi connectivity index (χ2n) is 4.70. The van der Waals surface area contributed by atoms with E-state index in [-0.39, 0.29) is 11.8 Å². The number of carbonyl (C=O) groups excluding carboxylic acids is 2. The highest BCUT2D eigenvalue weighted by Crippen LogP contribution is 2.15. The first-order valence-corrected chi connectivity index (χ1v) is 9.85. The number of nitrogens with one attached hydrogen (secondary N) is 1. The van der Waals surface area contributed by atoms with Crippen LogP contribution < -0.4 is 5.32 Å². The van der Waals surface area contributed by atoms with Gasteiger partial charge in [-0.2, -0.15) is 0 Å². The summed E-state index contributed by atoms with van der Waals surface area (Å²) in [5.41, 5.74) is 0. The Balaban J connectivity index is 0. The van der Waals surface area contributed by atoms with E-state index >= 15 is 0 Å². The summed E-state index contributed by atoms with van der Waals surface area (Å²) in [6.07, 6.45) is 1.81. The molecule has 0 aliphatic carbocycles. The lowest BCUT2D eigenvalue weighted by Crippen LogP contribution is -2.39. The fourth-order valence-electron chi connectivity index (χ4n) is 1.78. The van der Waals surface area contributed by atoms with Crippen molar-refractivity contribution in [1.82, 2.24) is 5.32 Å². The van der Waals surface area contributed by atoms with Crippen molar-refractivity contribution in [2.75, 3.05) is 19.8 Å². The normalized spacial score (nSPS) is 12.2. The zero-order valence-electron chi connectivity index (χ0n) is 13.7. The first-order chi connectivity index (χ1) is 9.49. The average Bonchev–Trinajstić information content (AvgIpc) is 2.45. The van der Waals surface area contributed by atoms with Crippen LogP contribution >= 0.6 is 0 Å². The van der Waals surface area contributed by atoms with Gasteiger partial charge < -0.3 is 19.0 Å². The van der Waals surface area contributed by atoms with Gasteiger partial charge in [0.05, 0.1) is 0 Å². The maximum Gasteiger partial charge on any atom is 0.334 e. The fraction of sp³-hybridized carbons (Fsp3) is 0.857. The predicted octanol–water partition coefficient (Wildman–Crippen LogP) is 2.50. The minimum atomic E-state index is -2.01. The van der Waals surface area contributed by atoms with E-state index in [4.69, 9.17) is 13.6 Å². The standard InChI is InChI=1S/C13H29NO3Si.CH2O/c1-6-12(4)13(15)14-10-9-11-18(5,16-7-2)17-8-3;1-2/h12H,6-11H2,1-5H3,(H,14,15);1H2. The molecule has 1 N–H and O–H groups in total. The summed E-state index contributed by atoms with van der Waals surface area (Å²) in [5, 5.41) is 2.96. The quantitative estimate of drug-likeness (QED) is 0.497. The molecule has 0 radical (unpaired) electrons. The lowest BCUT2D eigenvalue weighted by atomic mass is 10.1. The van der Waals surface area contributed by atoms with Crippen LogP contribution in [0.1, 0.15) is 40.5 Å². The fourth-order valence-corrected chi connectivity index (χ4v) is 4.19. The van der Waals surface area contributed by atoms with Crippen LogP contribution in [0, 0.1) is 5.92 Å². The SMILES string of the molecule is C=O.CCO[Si](C)(CCCNC(=O)C(C)CC)OCC. The van der Waals surface area contributed by atoms with Crippen LogP contribution in [0.4, 0.5) is 0 Å². The van der Waals surface area contributed by atoms with Crippen LogP contribution in [0.2, 0.25) is 12.6 Å². The summed E-state index contributed by atoms with van der Waals surface area (Å²) in [6, 6.07) is 0.926. The van der Waals surface area contributed by atoms with Crippen molar-refractivity contribution in [2.24, 2.45) is 5.92 Å². The van der Waals surface area contributed by atoms with E-state index in [1.165, 1.54) is 0 Å². The third kappa shape index (κ3) is 10.1. The van der Waals surface area contributed by atoms with Gasteiger partial charge in [-0.15, -0.1) is 0 Å². The summed E-state index contributed by atoms with van der Waals surface area (Å²) >= 11 is 0. The molecule has 20 heavy (non-hydrogen) atoms. The van der Waals surface area contributed by atoms with E-state index in [1.54, 1.807) is 0 Å². The second kappa shape index (κ2) is 13.3.